The van der Waals surface area contributed by atoms with Gasteiger partial charge in [0.1, 0.15) is 11.6 Å². The molecule has 2 fully saturated rings. The van der Waals surface area contributed by atoms with Crippen molar-refractivity contribution in [2.45, 2.75) is 32.1 Å². The largest absolute Gasteiger partial charge is 0.396 e. The lowest BCUT2D eigenvalue weighted by atomic mass is 9.58. The molecule has 5 heteroatoms. The first-order chi connectivity index (χ1) is 11.7. The Hall–Kier alpha value is -2.19. The zero-order chi connectivity index (χ0) is 16.7. The van der Waals surface area contributed by atoms with E-state index in [0.717, 1.165) is 55.6 Å². The second-order valence-corrected chi connectivity index (χ2v) is 7.41. The predicted octanol–water partition coefficient (Wildman–Crippen LogP) is 1.93. The van der Waals surface area contributed by atoms with Crippen molar-refractivity contribution in [3.8, 4) is 6.07 Å². The molecule has 1 saturated heterocycles. The Bertz CT molecular complexity index is 746. The Morgan fingerprint density at radius 2 is 2.12 bits per heavy atom. The summed E-state index contributed by atoms with van der Waals surface area (Å²) in [5.41, 5.74) is 3.38. The number of hydrogen-bond donors (Lipinski definition) is 1. The number of piperidine rings is 1. The van der Waals surface area contributed by atoms with Gasteiger partial charge in [0.2, 0.25) is 0 Å². The number of ketones is 1. The fraction of sp³-hybridized carbons (Fsp3) is 0.526. The van der Waals surface area contributed by atoms with Gasteiger partial charge in [0.15, 0.2) is 5.78 Å². The number of aliphatic hydroxyl groups excluding tert-OH is 1. The van der Waals surface area contributed by atoms with Crippen LogP contribution in [0.4, 0.5) is 0 Å². The molecular weight excluding hydrogens is 302 g/mol. The molecule has 3 aliphatic rings. The minimum absolute atomic E-state index is 0.0997. The molecular formula is C19H21N3O2. The van der Waals surface area contributed by atoms with Gasteiger partial charge in [0.05, 0.1) is 5.70 Å². The minimum Gasteiger partial charge on any atom is -0.396 e. The van der Waals surface area contributed by atoms with Crippen LogP contribution in [0.1, 0.15) is 36.8 Å². The van der Waals surface area contributed by atoms with Crippen LogP contribution in [0, 0.1) is 22.7 Å². The molecule has 5 nitrogen and oxygen atoms in total. The molecule has 2 aliphatic carbocycles. The zero-order valence-corrected chi connectivity index (χ0v) is 13.7. The van der Waals surface area contributed by atoms with Gasteiger partial charge >= 0.3 is 0 Å². The lowest BCUT2D eigenvalue weighted by Gasteiger charge is -2.52. The molecule has 4 rings (SSSR count). The molecule has 1 aromatic rings. The molecule has 0 amide bonds. The standard InChI is InChI=1S/C19H21N3O2/c20-10-16-17(24)7-14-11-21-4-1-15(14)18(16)22-5-2-19(3-6-22)8-13(9-19)12-23/h1,4,11,13,23H,2-3,5-9,12H2. The van der Waals surface area contributed by atoms with Gasteiger partial charge in [-0.1, -0.05) is 0 Å². The fourth-order valence-corrected chi connectivity index (χ4v) is 4.68. The number of likely N-dealkylation sites (tertiary alicyclic amines) is 1. The van der Waals surface area contributed by atoms with Crippen LogP contribution < -0.4 is 0 Å². The second kappa shape index (κ2) is 5.71. The number of pyridine rings is 1. The SMILES string of the molecule is N#CC1=C(N2CCC3(CC2)CC(CO)C3)c2ccncc2CC1=O. The molecule has 0 unspecified atom stereocenters. The van der Waals surface area contributed by atoms with Crippen LogP contribution in [-0.4, -0.2) is 40.5 Å². The first-order valence-electron chi connectivity index (χ1n) is 8.62. The summed E-state index contributed by atoms with van der Waals surface area (Å²) in [6.07, 6.45) is 8.10. The third kappa shape index (κ3) is 2.33. The summed E-state index contributed by atoms with van der Waals surface area (Å²) in [5.74, 6) is 0.366. The Balaban J connectivity index is 1.61. The maximum Gasteiger partial charge on any atom is 0.179 e. The Kier molecular flexibility index (Phi) is 3.65. The van der Waals surface area contributed by atoms with Gasteiger partial charge in [-0.15, -0.1) is 0 Å². The van der Waals surface area contributed by atoms with Crippen molar-refractivity contribution in [3.63, 3.8) is 0 Å². The molecule has 124 valence electrons. The normalized spacial score (nSPS) is 23.0. The van der Waals surface area contributed by atoms with Crippen molar-refractivity contribution in [2.75, 3.05) is 19.7 Å². The van der Waals surface area contributed by atoms with Crippen LogP contribution in [0.15, 0.2) is 24.0 Å². The summed E-state index contributed by atoms with van der Waals surface area (Å²) in [6.45, 7) is 2.03. The van der Waals surface area contributed by atoms with E-state index >= 15 is 0 Å². The topological polar surface area (TPSA) is 77.2 Å². The Morgan fingerprint density at radius 3 is 2.79 bits per heavy atom. The van der Waals surface area contributed by atoms with Gasteiger partial charge in [0, 0.05) is 44.1 Å². The molecule has 24 heavy (non-hydrogen) atoms. The lowest BCUT2D eigenvalue weighted by Crippen LogP contribution is -2.47. The maximum absolute atomic E-state index is 12.4. The average molecular weight is 323 g/mol. The third-order valence-electron chi connectivity index (χ3n) is 5.98. The number of Topliss-reactive ketones (excluding diaryl/α,β-unsaturated/α-hetero) is 1. The number of nitrogens with zero attached hydrogens (tertiary/aromatic N) is 3. The highest BCUT2D eigenvalue weighted by molar-refractivity contribution is 6.09. The molecule has 1 aliphatic heterocycles. The number of carbonyl (C=O) groups is 1. The van der Waals surface area contributed by atoms with Gasteiger partial charge in [-0.2, -0.15) is 5.26 Å². The average Bonchev–Trinajstić information content (AvgIpc) is 2.58. The monoisotopic (exact) mass is 323 g/mol. The number of nitriles is 1. The van der Waals surface area contributed by atoms with E-state index in [1.54, 1.807) is 12.4 Å². The highest BCUT2D eigenvalue weighted by atomic mass is 16.3. The fourth-order valence-electron chi connectivity index (χ4n) is 4.68. The van der Waals surface area contributed by atoms with Gasteiger partial charge in [-0.05, 0) is 48.6 Å². The molecule has 2 heterocycles. The first-order valence-corrected chi connectivity index (χ1v) is 8.62. The van der Waals surface area contributed by atoms with E-state index in [1.165, 1.54) is 0 Å². The highest BCUT2D eigenvalue weighted by Crippen LogP contribution is 2.53. The molecule has 1 spiro atoms. The van der Waals surface area contributed by atoms with E-state index < -0.39 is 0 Å². The summed E-state index contributed by atoms with van der Waals surface area (Å²) < 4.78 is 0. The van der Waals surface area contributed by atoms with Gasteiger partial charge in [0.25, 0.3) is 0 Å². The number of aromatic nitrogens is 1. The van der Waals surface area contributed by atoms with Crippen molar-refractivity contribution >= 4 is 11.5 Å². The summed E-state index contributed by atoms with van der Waals surface area (Å²) >= 11 is 0. The minimum atomic E-state index is -0.0997. The molecule has 0 bridgehead atoms. The Morgan fingerprint density at radius 1 is 1.38 bits per heavy atom. The van der Waals surface area contributed by atoms with Crippen molar-refractivity contribution in [3.05, 3.63) is 35.2 Å². The second-order valence-electron chi connectivity index (χ2n) is 7.41. The first kappa shape index (κ1) is 15.3. The number of allylic oxidation sites excluding steroid dienone is 1. The summed E-state index contributed by atoms with van der Waals surface area (Å²) in [5, 5.41) is 18.8. The van der Waals surface area contributed by atoms with Crippen LogP contribution in [-0.2, 0) is 11.2 Å². The van der Waals surface area contributed by atoms with Crippen LogP contribution in [0.2, 0.25) is 0 Å². The molecule has 1 aromatic heterocycles. The number of hydrogen-bond acceptors (Lipinski definition) is 5. The molecule has 0 radical (unpaired) electrons. The van der Waals surface area contributed by atoms with Gasteiger partial charge in [-0.3, -0.25) is 9.78 Å². The van der Waals surface area contributed by atoms with Crippen molar-refractivity contribution < 1.29 is 9.90 Å². The molecule has 0 aromatic carbocycles. The zero-order valence-electron chi connectivity index (χ0n) is 13.7. The molecule has 1 N–H and O–H groups in total. The maximum atomic E-state index is 12.4. The summed E-state index contributed by atoms with van der Waals surface area (Å²) in [7, 11) is 0. The third-order valence-corrected chi connectivity index (χ3v) is 5.98. The van der Waals surface area contributed by atoms with E-state index in [1.807, 2.05) is 6.07 Å². The van der Waals surface area contributed by atoms with Crippen molar-refractivity contribution in [1.82, 2.24) is 9.88 Å². The highest BCUT2D eigenvalue weighted by Gasteiger charge is 2.46. The van der Waals surface area contributed by atoms with Gasteiger partial charge < -0.3 is 10.0 Å². The number of rotatable bonds is 2. The molecule has 1 saturated carbocycles. The van der Waals surface area contributed by atoms with Crippen molar-refractivity contribution in [2.24, 2.45) is 11.3 Å². The van der Waals surface area contributed by atoms with Crippen LogP contribution >= 0.6 is 0 Å². The number of aliphatic hydroxyl groups is 1. The van der Waals surface area contributed by atoms with Gasteiger partial charge in [-0.25, -0.2) is 0 Å². The van der Waals surface area contributed by atoms with E-state index in [-0.39, 0.29) is 12.2 Å². The van der Waals surface area contributed by atoms with Crippen LogP contribution in [0.3, 0.4) is 0 Å². The Labute approximate surface area is 141 Å². The number of carbonyl (C=O) groups excluding carboxylic acids is 1. The van der Waals surface area contributed by atoms with Crippen LogP contribution in [0.25, 0.3) is 5.70 Å². The quantitative estimate of drug-likeness (QED) is 0.900. The van der Waals surface area contributed by atoms with E-state index in [2.05, 4.69) is 16.0 Å². The lowest BCUT2D eigenvalue weighted by molar-refractivity contribution is -0.114. The van der Waals surface area contributed by atoms with E-state index in [4.69, 9.17) is 0 Å². The molecule has 0 atom stereocenters. The number of fused-ring (bicyclic) bond motifs is 1. The summed E-state index contributed by atoms with van der Waals surface area (Å²) in [4.78, 5) is 18.7. The smallest absolute Gasteiger partial charge is 0.179 e. The van der Waals surface area contributed by atoms with E-state index in [0.29, 0.717) is 23.5 Å². The van der Waals surface area contributed by atoms with E-state index in [9.17, 15) is 15.2 Å². The van der Waals surface area contributed by atoms with Crippen molar-refractivity contribution in [1.29, 1.82) is 5.26 Å². The summed E-state index contributed by atoms with van der Waals surface area (Å²) in [6, 6.07) is 4.06. The van der Waals surface area contributed by atoms with Crippen LogP contribution in [0.5, 0.6) is 0 Å². The predicted molar refractivity (Wildman–Crippen MR) is 88.5 cm³/mol.